The van der Waals surface area contributed by atoms with Crippen molar-refractivity contribution in [3.8, 4) is 0 Å². The fraction of sp³-hybridized carbons (Fsp3) is 0.815. The van der Waals surface area contributed by atoms with Crippen molar-refractivity contribution < 1.29 is 32.6 Å². The normalized spacial score (nSPS) is 26.9. The Bertz CT molecular complexity index is 1040. The number of aliphatic hydroxyl groups excluding tert-OH is 1. The number of carbonyl (C=O) groups is 3. The number of allylic oxidation sites excluding steroid dienone is 2. The average Bonchev–Trinajstić information content (AvgIpc) is 3.73. The van der Waals surface area contributed by atoms with Crippen LogP contribution >= 0.6 is 0 Å². The van der Waals surface area contributed by atoms with E-state index < -0.39 is 44.8 Å². The zero-order valence-corrected chi connectivity index (χ0v) is 24.5. The third-order valence-corrected chi connectivity index (χ3v) is 9.96. The molecule has 3 fully saturated rings. The van der Waals surface area contributed by atoms with E-state index in [1.54, 1.807) is 6.92 Å². The Morgan fingerprint density at radius 3 is 2.49 bits per heavy atom. The lowest BCUT2D eigenvalue weighted by Crippen LogP contribution is -2.52. The number of nitrogens with one attached hydrogen (secondary N) is 2. The smallest absolute Gasteiger partial charge is 0.240 e. The van der Waals surface area contributed by atoms with E-state index in [2.05, 4.69) is 10.0 Å². The van der Waals surface area contributed by atoms with Crippen LogP contribution in [-0.2, 0) is 29.1 Å². The second kappa shape index (κ2) is 12.7. The van der Waals surface area contributed by atoms with Gasteiger partial charge in [-0.2, -0.15) is 0 Å². The van der Waals surface area contributed by atoms with Crippen molar-refractivity contribution in [1.82, 2.24) is 14.9 Å². The molecule has 0 aromatic heterocycles. The van der Waals surface area contributed by atoms with E-state index in [0.29, 0.717) is 25.7 Å². The van der Waals surface area contributed by atoms with Crippen LogP contribution in [-0.4, -0.2) is 78.0 Å². The Morgan fingerprint density at radius 1 is 1.18 bits per heavy atom. The molecule has 2 aliphatic carbocycles. The summed E-state index contributed by atoms with van der Waals surface area (Å²) >= 11 is 0. The summed E-state index contributed by atoms with van der Waals surface area (Å²) in [6, 6.07) is -1.37. The molecule has 39 heavy (non-hydrogen) atoms. The monoisotopic (exact) mass is 570 g/mol. The molecule has 222 valence electrons. The van der Waals surface area contributed by atoms with Gasteiger partial charge in [-0.15, -0.1) is 0 Å². The first-order chi connectivity index (χ1) is 18.1. The minimum Gasteiger partial charge on any atom is -0.391 e. The Kier molecular flexibility index (Phi) is 10.2. The van der Waals surface area contributed by atoms with Gasteiger partial charge in [0.05, 0.1) is 29.2 Å². The standard InChI is InChI=1S/C27H46N4O7S/c1-26(2,3)38-17-29-21(25(35)31-16-19(32)15-22(31)23(28)33)11-9-7-5-6-8-10-18-14-20(18)24(34)30-39(36,37)27(4)12-13-27/h8,10,18-22,29,32H,5-7,9,11-17H2,1-4H3,(H2,28,33)(H,30,34). The third kappa shape index (κ3) is 8.99. The Balaban J connectivity index is 1.39. The zero-order chi connectivity index (χ0) is 29.0. The Labute approximate surface area is 232 Å². The van der Waals surface area contributed by atoms with Gasteiger partial charge in [-0.3, -0.25) is 24.4 Å². The second-order valence-electron chi connectivity index (χ2n) is 12.4. The van der Waals surface area contributed by atoms with Crippen molar-refractivity contribution in [3.05, 3.63) is 12.2 Å². The molecule has 3 aliphatic rings. The molecule has 3 rings (SSSR count). The number of sulfonamides is 1. The summed E-state index contributed by atoms with van der Waals surface area (Å²) in [5.41, 5.74) is 5.09. The first-order valence-electron chi connectivity index (χ1n) is 14.0. The van der Waals surface area contributed by atoms with Crippen LogP contribution in [0.25, 0.3) is 0 Å². The summed E-state index contributed by atoms with van der Waals surface area (Å²) in [5.74, 6) is -1.48. The molecule has 1 aliphatic heterocycles. The molecule has 12 heteroatoms. The van der Waals surface area contributed by atoms with Gasteiger partial charge in [-0.1, -0.05) is 25.0 Å². The van der Waals surface area contributed by atoms with Crippen molar-refractivity contribution in [2.75, 3.05) is 13.3 Å². The van der Waals surface area contributed by atoms with Gasteiger partial charge in [0, 0.05) is 18.9 Å². The highest BCUT2D eigenvalue weighted by Gasteiger charge is 2.52. The number of hydrogen-bond donors (Lipinski definition) is 4. The highest BCUT2D eigenvalue weighted by molar-refractivity contribution is 7.91. The van der Waals surface area contributed by atoms with Crippen molar-refractivity contribution in [2.45, 2.75) is 114 Å². The number of ether oxygens (including phenoxy) is 1. The summed E-state index contributed by atoms with van der Waals surface area (Å²) in [6.07, 6.45) is 9.18. The lowest BCUT2D eigenvalue weighted by Gasteiger charge is -2.29. The molecule has 0 bridgehead atoms. The number of rotatable bonds is 15. The number of nitrogens with zero attached hydrogens (tertiary/aromatic N) is 1. The van der Waals surface area contributed by atoms with Crippen molar-refractivity contribution in [2.24, 2.45) is 17.6 Å². The van der Waals surface area contributed by atoms with Gasteiger partial charge in [0.15, 0.2) is 0 Å². The number of carbonyl (C=O) groups excluding carboxylic acids is 3. The van der Waals surface area contributed by atoms with Crippen LogP contribution < -0.4 is 15.8 Å². The molecular formula is C27H46N4O7S. The molecular weight excluding hydrogens is 524 g/mol. The second-order valence-corrected chi connectivity index (χ2v) is 14.6. The van der Waals surface area contributed by atoms with Gasteiger partial charge >= 0.3 is 0 Å². The molecule has 5 unspecified atom stereocenters. The van der Waals surface area contributed by atoms with Crippen LogP contribution in [0.5, 0.6) is 0 Å². The van der Waals surface area contributed by atoms with Crippen molar-refractivity contribution >= 4 is 27.7 Å². The van der Waals surface area contributed by atoms with E-state index in [4.69, 9.17) is 10.5 Å². The maximum Gasteiger partial charge on any atom is 0.240 e. The first kappa shape index (κ1) is 31.5. The van der Waals surface area contributed by atoms with Crippen LogP contribution in [0, 0.1) is 11.8 Å². The Morgan fingerprint density at radius 2 is 1.87 bits per heavy atom. The van der Waals surface area contributed by atoms with E-state index >= 15 is 0 Å². The molecule has 11 nitrogen and oxygen atoms in total. The lowest BCUT2D eigenvalue weighted by molar-refractivity contribution is -0.140. The molecule has 5 N–H and O–H groups in total. The third-order valence-electron chi connectivity index (χ3n) is 7.78. The molecule has 1 heterocycles. The fourth-order valence-corrected chi connectivity index (χ4v) is 6.06. The molecule has 5 atom stereocenters. The van der Waals surface area contributed by atoms with Crippen LogP contribution in [0.1, 0.15) is 85.5 Å². The summed E-state index contributed by atoms with van der Waals surface area (Å²) in [4.78, 5) is 38.7. The Hall–Kier alpha value is -2.02. The van der Waals surface area contributed by atoms with E-state index in [1.165, 1.54) is 4.90 Å². The lowest BCUT2D eigenvalue weighted by atomic mass is 10.0. The molecule has 1 saturated heterocycles. The van der Waals surface area contributed by atoms with Gasteiger partial charge in [0.25, 0.3) is 0 Å². The number of amides is 3. The highest BCUT2D eigenvalue weighted by atomic mass is 32.2. The summed E-state index contributed by atoms with van der Waals surface area (Å²) in [6.45, 7) is 7.69. The van der Waals surface area contributed by atoms with E-state index in [0.717, 1.165) is 25.7 Å². The maximum absolute atomic E-state index is 13.2. The summed E-state index contributed by atoms with van der Waals surface area (Å²) in [7, 11) is -3.59. The minimum atomic E-state index is -3.59. The van der Waals surface area contributed by atoms with Crippen LogP contribution in [0.2, 0.25) is 0 Å². The molecule has 0 spiro atoms. The predicted octanol–water partition coefficient (Wildman–Crippen LogP) is 1.31. The van der Waals surface area contributed by atoms with E-state index in [9.17, 15) is 27.9 Å². The van der Waals surface area contributed by atoms with Crippen LogP contribution in [0.3, 0.4) is 0 Å². The predicted molar refractivity (Wildman–Crippen MR) is 146 cm³/mol. The number of likely N-dealkylation sites (tertiary alicyclic amines) is 1. The number of aliphatic hydroxyl groups is 1. The zero-order valence-electron chi connectivity index (χ0n) is 23.6. The fourth-order valence-electron chi connectivity index (χ4n) is 4.76. The minimum absolute atomic E-state index is 0.0789. The van der Waals surface area contributed by atoms with Gasteiger partial charge in [-0.05, 0) is 72.1 Å². The van der Waals surface area contributed by atoms with Gasteiger partial charge in [0.2, 0.25) is 27.7 Å². The van der Waals surface area contributed by atoms with Crippen LogP contribution in [0.4, 0.5) is 0 Å². The number of primary amides is 1. The maximum atomic E-state index is 13.2. The molecule has 2 saturated carbocycles. The average molecular weight is 571 g/mol. The highest BCUT2D eigenvalue weighted by Crippen LogP contribution is 2.44. The SMILES string of the molecule is CC(C)(C)OCNC(CCCCCC=CC1CC1C(=O)NS(=O)(=O)C1(C)CC1)C(=O)N1CC(O)CC1C(N)=O. The first-order valence-corrected chi connectivity index (χ1v) is 15.5. The van der Waals surface area contributed by atoms with Crippen molar-refractivity contribution in [1.29, 1.82) is 0 Å². The van der Waals surface area contributed by atoms with Crippen molar-refractivity contribution in [3.63, 3.8) is 0 Å². The van der Waals surface area contributed by atoms with Gasteiger partial charge < -0.3 is 20.5 Å². The molecule has 3 amide bonds. The topological polar surface area (TPSA) is 168 Å². The van der Waals surface area contributed by atoms with Crippen LogP contribution in [0.15, 0.2) is 12.2 Å². The quantitative estimate of drug-likeness (QED) is 0.130. The number of nitrogens with two attached hydrogens (primary N) is 1. The number of unbranched alkanes of at least 4 members (excludes halogenated alkanes) is 3. The van der Waals surface area contributed by atoms with E-state index in [1.807, 2.05) is 32.9 Å². The molecule has 0 radical (unpaired) electrons. The van der Waals surface area contributed by atoms with Gasteiger partial charge in [-0.25, -0.2) is 8.42 Å². The number of hydrogen-bond acceptors (Lipinski definition) is 8. The summed E-state index contributed by atoms with van der Waals surface area (Å²) < 4.78 is 31.7. The molecule has 0 aromatic carbocycles. The molecule has 0 aromatic rings. The summed E-state index contributed by atoms with van der Waals surface area (Å²) in [5, 5.41) is 13.2. The van der Waals surface area contributed by atoms with E-state index in [-0.39, 0.29) is 43.0 Å². The van der Waals surface area contributed by atoms with Gasteiger partial charge in [0.1, 0.15) is 6.04 Å². The largest absolute Gasteiger partial charge is 0.391 e. The number of β-amino-alcohol motifs (C(OH)–C–C–N with tert-alkyl or cyclic N) is 1.